The number of hydrogen-bond donors (Lipinski definition) is 1. The van der Waals surface area contributed by atoms with Gasteiger partial charge in [-0.1, -0.05) is 120 Å². The van der Waals surface area contributed by atoms with Gasteiger partial charge in [-0.15, -0.1) is 0 Å². The van der Waals surface area contributed by atoms with Crippen LogP contribution in [0.15, 0.2) is 133 Å². The van der Waals surface area contributed by atoms with Crippen LogP contribution in [0.5, 0.6) is 5.75 Å². The Morgan fingerprint density at radius 1 is 0.745 bits per heavy atom. The zero-order valence-corrected chi connectivity index (χ0v) is 28.2. The molecule has 2 aliphatic carbocycles. The van der Waals surface area contributed by atoms with Crippen LogP contribution in [0, 0.1) is 23.7 Å². The number of phenols is 1. The molecule has 252 valence electrons. The first-order chi connectivity index (χ1) is 24.8. The second kappa shape index (κ2) is 11.8. The number of aromatic hydroxyl groups is 1. The smallest absolute Gasteiger partial charge is 0.246 e. The monoisotopic (exact) mass is 692 g/mol. The number of likely N-dealkylation sites (tertiary alicyclic amines) is 1. The number of halogens is 1. The molecule has 0 radical (unpaired) electrons. The Morgan fingerprint density at radius 3 is 2.24 bits per heavy atom. The maximum atomic E-state index is 15.5. The third kappa shape index (κ3) is 4.50. The summed E-state index contributed by atoms with van der Waals surface area (Å²) in [6, 6.07) is 36.7. The highest BCUT2D eigenvalue weighted by Gasteiger charge is 2.70. The van der Waals surface area contributed by atoms with E-state index in [1.54, 1.807) is 30.3 Å². The summed E-state index contributed by atoms with van der Waals surface area (Å²) in [6.07, 6.45) is 2.52. The Labute approximate surface area is 299 Å². The van der Waals surface area contributed by atoms with Crippen LogP contribution in [0.1, 0.15) is 35.4 Å². The number of benzene rings is 5. The van der Waals surface area contributed by atoms with Crippen LogP contribution in [0.25, 0.3) is 10.8 Å². The molecule has 1 N–H and O–H groups in total. The highest BCUT2D eigenvalue weighted by atomic mass is 35.5. The molecule has 4 aliphatic rings. The van der Waals surface area contributed by atoms with Crippen molar-refractivity contribution in [2.24, 2.45) is 23.7 Å². The summed E-state index contributed by atoms with van der Waals surface area (Å²) in [5.41, 5.74) is 1.72. The highest BCUT2D eigenvalue weighted by molar-refractivity contribution is 6.32. The van der Waals surface area contributed by atoms with Crippen LogP contribution in [-0.2, 0) is 31.1 Å². The van der Waals surface area contributed by atoms with Crippen LogP contribution in [0.2, 0.25) is 5.02 Å². The number of hydrogen-bond acceptors (Lipinski definition) is 5. The number of anilines is 1. The van der Waals surface area contributed by atoms with Gasteiger partial charge >= 0.3 is 0 Å². The number of imide groups is 2. The summed E-state index contributed by atoms with van der Waals surface area (Å²) >= 11 is 6.43. The molecule has 2 heterocycles. The van der Waals surface area contributed by atoms with E-state index in [1.807, 2.05) is 97.1 Å². The average Bonchev–Trinajstić information content (AvgIpc) is 3.53. The topological polar surface area (TPSA) is 95.0 Å². The molecule has 8 heteroatoms. The quantitative estimate of drug-likeness (QED) is 0.152. The van der Waals surface area contributed by atoms with Crippen LogP contribution < -0.4 is 4.90 Å². The fraction of sp³-hybridized carbons (Fsp3) is 0.209. The van der Waals surface area contributed by atoms with Crippen molar-refractivity contribution in [3.63, 3.8) is 0 Å². The van der Waals surface area contributed by atoms with Gasteiger partial charge in [0.15, 0.2) is 0 Å². The van der Waals surface area contributed by atoms with E-state index in [-0.39, 0.29) is 30.5 Å². The van der Waals surface area contributed by atoms with Gasteiger partial charge in [-0.3, -0.25) is 24.1 Å². The summed E-state index contributed by atoms with van der Waals surface area (Å²) in [7, 11) is 0. The molecule has 5 aromatic carbocycles. The lowest BCUT2D eigenvalue weighted by Crippen LogP contribution is -2.53. The predicted molar refractivity (Wildman–Crippen MR) is 194 cm³/mol. The van der Waals surface area contributed by atoms with Crippen molar-refractivity contribution in [2.75, 3.05) is 4.90 Å². The molecule has 2 saturated heterocycles. The number of rotatable bonds is 5. The van der Waals surface area contributed by atoms with Crippen molar-refractivity contribution in [3.8, 4) is 5.75 Å². The van der Waals surface area contributed by atoms with Gasteiger partial charge in [-0.2, -0.15) is 0 Å². The fourth-order valence-corrected chi connectivity index (χ4v) is 9.82. The Bertz CT molecular complexity index is 2310. The lowest BCUT2D eigenvalue weighted by molar-refractivity contribution is -0.141. The van der Waals surface area contributed by atoms with Gasteiger partial charge in [-0.25, -0.2) is 4.90 Å². The molecule has 3 fully saturated rings. The van der Waals surface area contributed by atoms with E-state index in [4.69, 9.17) is 11.6 Å². The molecule has 9 rings (SSSR count). The van der Waals surface area contributed by atoms with Crippen molar-refractivity contribution in [1.29, 1.82) is 0 Å². The SMILES string of the molecule is O=C1C2CC=C3C(CC4C(=O)N(c5cccc(Cl)c5)C(=O)C4(c4ccccc4)C3c3c(O)ccc4ccccc34)C2C(=O)N1Cc1ccccc1. The van der Waals surface area contributed by atoms with Crippen molar-refractivity contribution >= 4 is 51.7 Å². The number of carbonyl (C=O) groups excluding carboxylic acids is 4. The molecular formula is C43H33ClN2O5. The normalized spacial score (nSPS) is 27.0. The third-order valence-electron chi connectivity index (χ3n) is 11.7. The van der Waals surface area contributed by atoms with E-state index in [0.717, 1.165) is 21.9 Å². The van der Waals surface area contributed by atoms with Crippen LogP contribution in [0.4, 0.5) is 5.69 Å². The molecule has 0 bridgehead atoms. The number of carbonyl (C=O) groups is 4. The van der Waals surface area contributed by atoms with Gasteiger partial charge in [-0.05, 0) is 64.9 Å². The average molecular weight is 693 g/mol. The van der Waals surface area contributed by atoms with E-state index in [9.17, 15) is 14.7 Å². The van der Waals surface area contributed by atoms with Gasteiger partial charge in [0.2, 0.25) is 23.6 Å². The molecule has 51 heavy (non-hydrogen) atoms. The van der Waals surface area contributed by atoms with E-state index < -0.39 is 46.8 Å². The largest absolute Gasteiger partial charge is 0.508 e. The van der Waals surface area contributed by atoms with E-state index in [0.29, 0.717) is 28.3 Å². The van der Waals surface area contributed by atoms with Gasteiger partial charge in [0.1, 0.15) is 5.75 Å². The van der Waals surface area contributed by atoms with E-state index >= 15 is 9.59 Å². The molecule has 2 aliphatic heterocycles. The molecule has 0 spiro atoms. The molecule has 1 saturated carbocycles. The second-order valence-electron chi connectivity index (χ2n) is 14.1. The summed E-state index contributed by atoms with van der Waals surface area (Å²) in [6.45, 7) is 0.165. The minimum atomic E-state index is -1.48. The maximum absolute atomic E-state index is 15.5. The molecule has 5 aromatic rings. The minimum Gasteiger partial charge on any atom is -0.508 e. The van der Waals surface area contributed by atoms with Crippen molar-refractivity contribution in [2.45, 2.75) is 30.7 Å². The zero-order valence-electron chi connectivity index (χ0n) is 27.5. The summed E-state index contributed by atoms with van der Waals surface area (Å²) in [5.74, 6) is -4.86. The molecule has 6 unspecified atom stereocenters. The third-order valence-corrected chi connectivity index (χ3v) is 11.9. The number of nitrogens with zero attached hydrogens (tertiary/aromatic N) is 2. The van der Waals surface area contributed by atoms with Crippen LogP contribution in [0.3, 0.4) is 0 Å². The van der Waals surface area contributed by atoms with Gasteiger partial charge in [0.05, 0.1) is 35.4 Å². The summed E-state index contributed by atoms with van der Waals surface area (Å²) in [5, 5.41) is 13.9. The first kappa shape index (κ1) is 31.5. The number of phenolic OH excluding ortho intramolecular Hbond substituents is 1. The molecule has 0 aromatic heterocycles. The highest BCUT2D eigenvalue weighted by Crippen LogP contribution is 2.66. The summed E-state index contributed by atoms with van der Waals surface area (Å²) in [4.78, 5) is 61.6. The Kier molecular flexibility index (Phi) is 7.26. The number of amides is 4. The number of fused-ring (bicyclic) bond motifs is 5. The zero-order chi connectivity index (χ0) is 35.0. The van der Waals surface area contributed by atoms with Crippen molar-refractivity contribution in [3.05, 3.63) is 155 Å². The lowest BCUT2D eigenvalue weighted by atomic mass is 9.48. The first-order valence-corrected chi connectivity index (χ1v) is 17.7. The standard InChI is InChI=1S/C43H33ClN2O5/c44-28-15-9-16-29(22-28)46-40(49)34-23-33-31(19-20-32-36(33)41(50)45(39(32)48)24-25-10-3-1-4-11-25)38(43(34,42(46)51)27-13-5-2-6-14-27)37-30-17-8-7-12-26(30)18-21-35(37)47/h1-19,21-22,32-34,36,38,47H,20,23-24H2. The van der Waals surface area contributed by atoms with Crippen molar-refractivity contribution in [1.82, 2.24) is 4.90 Å². The second-order valence-corrected chi connectivity index (χ2v) is 14.5. The molecule has 7 nitrogen and oxygen atoms in total. The molecule has 6 atom stereocenters. The molecule has 4 amide bonds. The maximum Gasteiger partial charge on any atom is 0.246 e. The fourth-order valence-electron chi connectivity index (χ4n) is 9.63. The van der Waals surface area contributed by atoms with Gasteiger partial charge in [0.25, 0.3) is 0 Å². The van der Waals surface area contributed by atoms with Crippen molar-refractivity contribution < 1.29 is 24.3 Å². The Balaban J connectivity index is 1.29. The predicted octanol–water partition coefficient (Wildman–Crippen LogP) is 7.56. The molecular weight excluding hydrogens is 660 g/mol. The summed E-state index contributed by atoms with van der Waals surface area (Å²) < 4.78 is 0. The van der Waals surface area contributed by atoms with Crippen LogP contribution >= 0.6 is 11.6 Å². The lowest BCUT2D eigenvalue weighted by Gasteiger charge is -2.51. The Hall–Kier alpha value is -5.53. The van der Waals surface area contributed by atoms with Crippen LogP contribution in [-0.4, -0.2) is 33.6 Å². The van der Waals surface area contributed by atoms with Gasteiger partial charge < -0.3 is 5.11 Å². The van der Waals surface area contributed by atoms with Gasteiger partial charge in [0, 0.05) is 16.5 Å². The van der Waals surface area contributed by atoms with E-state index in [1.165, 1.54) is 9.80 Å². The first-order valence-electron chi connectivity index (χ1n) is 17.3. The van der Waals surface area contributed by atoms with E-state index in [2.05, 4.69) is 0 Å². The Morgan fingerprint density at radius 2 is 1.47 bits per heavy atom. The minimum absolute atomic E-state index is 0.00240. The number of allylic oxidation sites excluding steroid dienone is 2.